The number of nitrogens with one attached hydrogen (secondary N) is 1. The van der Waals surface area contributed by atoms with E-state index < -0.39 is 4.92 Å². The highest BCUT2D eigenvalue weighted by atomic mass is 16.6. The van der Waals surface area contributed by atoms with Gasteiger partial charge in [0.15, 0.2) is 0 Å². The van der Waals surface area contributed by atoms with Crippen LogP contribution in [0, 0.1) is 21.4 Å². The lowest BCUT2D eigenvalue weighted by molar-refractivity contribution is -0.385. The van der Waals surface area contributed by atoms with E-state index in [2.05, 4.69) is 5.43 Å². The second-order valence-electron chi connectivity index (χ2n) is 2.25. The molecule has 1 rings (SSSR count). The Labute approximate surface area is 73.7 Å². The number of nitro benzene ring substituents is 1. The smallest absolute Gasteiger partial charge is 0.289 e. The zero-order valence-corrected chi connectivity index (χ0v) is 6.52. The number of nitrogen functional groups attached to an aromatic ring is 1. The van der Waals surface area contributed by atoms with Crippen LogP contribution in [0.2, 0.25) is 0 Å². The fourth-order valence-corrected chi connectivity index (χ4v) is 0.867. The first-order chi connectivity index (χ1) is 6.19. The zero-order valence-electron chi connectivity index (χ0n) is 6.52. The van der Waals surface area contributed by atoms with Gasteiger partial charge in [0.1, 0.15) is 11.6 Å². The van der Waals surface area contributed by atoms with Gasteiger partial charge in [0.25, 0.3) is 5.69 Å². The Morgan fingerprint density at radius 1 is 1.62 bits per heavy atom. The Bertz CT molecular complexity index is 383. The van der Waals surface area contributed by atoms with Crippen molar-refractivity contribution < 1.29 is 4.92 Å². The van der Waals surface area contributed by atoms with E-state index in [9.17, 15) is 10.1 Å². The summed E-state index contributed by atoms with van der Waals surface area (Å²) in [6, 6.07) is 5.76. The van der Waals surface area contributed by atoms with Gasteiger partial charge in [-0.1, -0.05) is 0 Å². The standard InChI is InChI=1S/C7H6N4O2/c8-4-5-1-2-6(10-9)3-7(5)11(12)13/h1-3,10H,9H2. The monoisotopic (exact) mass is 178 g/mol. The molecule has 0 radical (unpaired) electrons. The molecule has 1 aromatic carbocycles. The van der Waals surface area contributed by atoms with Crippen LogP contribution in [0.1, 0.15) is 5.56 Å². The summed E-state index contributed by atoms with van der Waals surface area (Å²) < 4.78 is 0. The van der Waals surface area contributed by atoms with Crippen molar-refractivity contribution in [3.05, 3.63) is 33.9 Å². The third-order valence-electron chi connectivity index (χ3n) is 1.48. The second-order valence-corrected chi connectivity index (χ2v) is 2.25. The van der Waals surface area contributed by atoms with Crippen molar-refractivity contribution in [3.8, 4) is 6.07 Å². The lowest BCUT2D eigenvalue weighted by Crippen LogP contribution is -2.07. The molecule has 6 heteroatoms. The number of benzene rings is 1. The van der Waals surface area contributed by atoms with Gasteiger partial charge in [-0.2, -0.15) is 5.26 Å². The quantitative estimate of drug-likeness (QED) is 0.395. The van der Waals surface area contributed by atoms with E-state index in [0.717, 1.165) is 0 Å². The van der Waals surface area contributed by atoms with Crippen LogP contribution in [-0.4, -0.2) is 4.92 Å². The van der Waals surface area contributed by atoms with Crippen LogP contribution in [0.25, 0.3) is 0 Å². The van der Waals surface area contributed by atoms with Crippen LogP contribution in [0.5, 0.6) is 0 Å². The predicted molar refractivity (Wildman–Crippen MR) is 45.6 cm³/mol. The van der Waals surface area contributed by atoms with Crippen molar-refractivity contribution in [1.82, 2.24) is 0 Å². The van der Waals surface area contributed by atoms with Gasteiger partial charge in [0.05, 0.1) is 10.6 Å². The van der Waals surface area contributed by atoms with Crippen LogP contribution in [0.4, 0.5) is 11.4 Å². The Balaban J connectivity index is 3.28. The number of nitriles is 1. The molecule has 3 N–H and O–H groups in total. The Morgan fingerprint density at radius 3 is 2.77 bits per heavy atom. The highest BCUT2D eigenvalue weighted by molar-refractivity contribution is 5.58. The van der Waals surface area contributed by atoms with Crippen molar-refractivity contribution in [2.24, 2.45) is 5.84 Å². The topological polar surface area (TPSA) is 105 Å². The number of anilines is 1. The van der Waals surface area contributed by atoms with E-state index in [1.807, 2.05) is 0 Å². The number of nitrogens with two attached hydrogens (primary N) is 1. The number of hydrazine groups is 1. The molecule has 0 aliphatic heterocycles. The zero-order chi connectivity index (χ0) is 9.84. The van der Waals surface area contributed by atoms with E-state index in [0.29, 0.717) is 5.69 Å². The summed E-state index contributed by atoms with van der Waals surface area (Å²) in [6.07, 6.45) is 0. The molecule has 0 spiro atoms. The van der Waals surface area contributed by atoms with Gasteiger partial charge in [-0.15, -0.1) is 0 Å². The maximum absolute atomic E-state index is 10.4. The molecular weight excluding hydrogens is 172 g/mol. The first kappa shape index (κ1) is 8.96. The summed E-state index contributed by atoms with van der Waals surface area (Å²) in [4.78, 5) is 9.81. The molecule has 0 unspecified atom stereocenters. The van der Waals surface area contributed by atoms with Gasteiger partial charge in [-0.3, -0.25) is 16.0 Å². The maximum Gasteiger partial charge on any atom is 0.289 e. The van der Waals surface area contributed by atoms with E-state index >= 15 is 0 Å². The highest BCUT2D eigenvalue weighted by Gasteiger charge is 2.13. The Kier molecular flexibility index (Phi) is 2.42. The number of rotatable bonds is 2. The van der Waals surface area contributed by atoms with E-state index in [4.69, 9.17) is 11.1 Å². The minimum absolute atomic E-state index is 0.0176. The molecule has 0 aliphatic rings. The van der Waals surface area contributed by atoms with Crippen molar-refractivity contribution >= 4 is 11.4 Å². The minimum atomic E-state index is -0.626. The van der Waals surface area contributed by atoms with Gasteiger partial charge >= 0.3 is 0 Å². The predicted octanol–water partition coefficient (Wildman–Crippen LogP) is 0.752. The molecule has 0 saturated carbocycles. The first-order valence-electron chi connectivity index (χ1n) is 3.34. The van der Waals surface area contributed by atoms with E-state index in [1.54, 1.807) is 6.07 Å². The van der Waals surface area contributed by atoms with Crippen molar-refractivity contribution in [3.63, 3.8) is 0 Å². The summed E-state index contributed by atoms with van der Waals surface area (Å²) in [7, 11) is 0. The average Bonchev–Trinajstić information content (AvgIpc) is 2.16. The molecule has 0 bridgehead atoms. The summed E-state index contributed by atoms with van der Waals surface area (Å²) in [5, 5.41) is 19.0. The number of nitrogens with zero attached hydrogens (tertiary/aromatic N) is 2. The minimum Gasteiger partial charge on any atom is -0.324 e. The average molecular weight is 178 g/mol. The second kappa shape index (κ2) is 3.51. The molecule has 0 aliphatic carbocycles. The molecule has 6 nitrogen and oxygen atoms in total. The Morgan fingerprint density at radius 2 is 2.31 bits per heavy atom. The lowest BCUT2D eigenvalue weighted by Gasteiger charge is -1.99. The molecule has 66 valence electrons. The van der Waals surface area contributed by atoms with Gasteiger partial charge in [-0.25, -0.2) is 0 Å². The van der Waals surface area contributed by atoms with Gasteiger partial charge < -0.3 is 5.43 Å². The fourth-order valence-electron chi connectivity index (χ4n) is 0.867. The molecule has 0 saturated heterocycles. The molecule has 13 heavy (non-hydrogen) atoms. The van der Waals surface area contributed by atoms with Crippen molar-refractivity contribution in [2.45, 2.75) is 0 Å². The SMILES string of the molecule is N#Cc1ccc(NN)cc1[N+](=O)[O-]. The van der Waals surface area contributed by atoms with Gasteiger partial charge in [0, 0.05) is 6.07 Å². The first-order valence-corrected chi connectivity index (χ1v) is 3.34. The van der Waals surface area contributed by atoms with E-state index in [1.165, 1.54) is 18.2 Å². The van der Waals surface area contributed by atoms with Crippen LogP contribution < -0.4 is 11.3 Å². The van der Waals surface area contributed by atoms with Gasteiger partial charge in [-0.05, 0) is 12.1 Å². The summed E-state index contributed by atoms with van der Waals surface area (Å²) >= 11 is 0. The molecular formula is C7H6N4O2. The molecule has 0 aromatic heterocycles. The molecule has 0 heterocycles. The van der Waals surface area contributed by atoms with E-state index in [-0.39, 0.29) is 11.3 Å². The third kappa shape index (κ3) is 1.72. The van der Waals surface area contributed by atoms with Crippen molar-refractivity contribution in [2.75, 3.05) is 5.43 Å². The van der Waals surface area contributed by atoms with Crippen molar-refractivity contribution in [1.29, 1.82) is 5.26 Å². The van der Waals surface area contributed by atoms with Crippen LogP contribution >= 0.6 is 0 Å². The molecule has 0 atom stereocenters. The summed E-state index contributed by atoms with van der Waals surface area (Å²) in [6.45, 7) is 0. The Hall–Kier alpha value is -2.13. The number of hydrogen-bond donors (Lipinski definition) is 2. The number of hydrogen-bond acceptors (Lipinski definition) is 5. The fraction of sp³-hybridized carbons (Fsp3) is 0. The van der Waals surface area contributed by atoms with Crippen LogP contribution in [-0.2, 0) is 0 Å². The highest BCUT2D eigenvalue weighted by Crippen LogP contribution is 2.21. The normalized spacial score (nSPS) is 8.92. The maximum atomic E-state index is 10.4. The third-order valence-corrected chi connectivity index (χ3v) is 1.48. The summed E-state index contributed by atoms with van der Waals surface area (Å²) in [5.41, 5.74) is 2.42. The molecule has 0 amide bonds. The largest absolute Gasteiger partial charge is 0.324 e. The van der Waals surface area contributed by atoms with Crippen LogP contribution in [0.3, 0.4) is 0 Å². The molecule has 1 aromatic rings. The molecule has 0 fully saturated rings. The summed E-state index contributed by atoms with van der Waals surface area (Å²) in [5.74, 6) is 5.05. The van der Waals surface area contributed by atoms with Crippen LogP contribution in [0.15, 0.2) is 18.2 Å². The van der Waals surface area contributed by atoms with Gasteiger partial charge in [0.2, 0.25) is 0 Å². The lowest BCUT2D eigenvalue weighted by atomic mass is 10.2. The number of nitro groups is 1.